The molecule has 1 amide bonds. The summed E-state index contributed by atoms with van der Waals surface area (Å²) in [7, 11) is 1.64. The van der Waals surface area contributed by atoms with Crippen LogP contribution >= 0.6 is 0 Å². The van der Waals surface area contributed by atoms with Crippen LogP contribution in [0.1, 0.15) is 48.4 Å². The molecule has 1 N–H and O–H groups in total. The molecule has 2 aromatic carbocycles. The Bertz CT molecular complexity index is 1090. The fourth-order valence-corrected chi connectivity index (χ4v) is 4.50. The second kappa shape index (κ2) is 10.2. The quantitative estimate of drug-likeness (QED) is 0.575. The predicted octanol–water partition coefficient (Wildman–Crippen LogP) is 4.45. The molecule has 33 heavy (non-hydrogen) atoms. The highest BCUT2D eigenvalue weighted by atomic mass is 16.5. The van der Waals surface area contributed by atoms with E-state index in [2.05, 4.69) is 59.3 Å². The lowest BCUT2D eigenvalue weighted by Gasteiger charge is -2.31. The predicted molar refractivity (Wildman–Crippen MR) is 127 cm³/mol. The molecule has 1 fully saturated rings. The van der Waals surface area contributed by atoms with E-state index in [-0.39, 0.29) is 17.9 Å². The van der Waals surface area contributed by atoms with Crippen LogP contribution < -0.4 is 10.1 Å². The van der Waals surface area contributed by atoms with E-state index in [0.717, 1.165) is 30.7 Å². The summed E-state index contributed by atoms with van der Waals surface area (Å²) in [6, 6.07) is 13.9. The van der Waals surface area contributed by atoms with Crippen molar-refractivity contribution in [3.8, 4) is 17.1 Å². The van der Waals surface area contributed by atoms with Gasteiger partial charge in [-0.1, -0.05) is 28.9 Å². The second-order valence-electron chi connectivity index (χ2n) is 8.90. The van der Waals surface area contributed by atoms with Crippen LogP contribution in [-0.2, 0) is 11.3 Å². The molecule has 2 heterocycles. The summed E-state index contributed by atoms with van der Waals surface area (Å²) < 4.78 is 10.7. The Morgan fingerprint density at radius 2 is 2.03 bits per heavy atom. The van der Waals surface area contributed by atoms with E-state index in [0.29, 0.717) is 24.8 Å². The molecule has 1 aliphatic rings. The van der Waals surface area contributed by atoms with Gasteiger partial charge in [-0.05, 0) is 75.5 Å². The highest BCUT2D eigenvalue weighted by Crippen LogP contribution is 2.24. The van der Waals surface area contributed by atoms with E-state index in [1.165, 1.54) is 16.7 Å². The van der Waals surface area contributed by atoms with Crippen molar-refractivity contribution in [1.29, 1.82) is 0 Å². The van der Waals surface area contributed by atoms with Gasteiger partial charge in [0.05, 0.1) is 25.6 Å². The van der Waals surface area contributed by atoms with E-state index in [4.69, 9.17) is 9.26 Å². The van der Waals surface area contributed by atoms with Gasteiger partial charge in [0.15, 0.2) is 0 Å². The number of aromatic nitrogens is 2. The number of rotatable bonds is 7. The Hall–Kier alpha value is -3.19. The molecule has 174 valence electrons. The van der Waals surface area contributed by atoms with Crippen LogP contribution in [0.2, 0.25) is 0 Å². The van der Waals surface area contributed by atoms with Gasteiger partial charge in [0.25, 0.3) is 0 Å². The fraction of sp³-hybridized carbons (Fsp3) is 0.423. The summed E-state index contributed by atoms with van der Waals surface area (Å²) in [6.07, 6.45) is 1.86. The number of likely N-dealkylation sites (tertiary alicyclic amines) is 1. The van der Waals surface area contributed by atoms with Crippen molar-refractivity contribution in [2.24, 2.45) is 5.92 Å². The Kier molecular flexibility index (Phi) is 7.08. The summed E-state index contributed by atoms with van der Waals surface area (Å²) in [5.74, 6) is 1.96. The van der Waals surface area contributed by atoms with E-state index >= 15 is 0 Å². The first-order chi connectivity index (χ1) is 15.9. The molecule has 2 atom stereocenters. The van der Waals surface area contributed by atoms with Crippen LogP contribution in [0.15, 0.2) is 47.0 Å². The largest absolute Gasteiger partial charge is 0.497 e. The lowest BCUT2D eigenvalue weighted by atomic mass is 9.95. The molecule has 1 saturated heterocycles. The van der Waals surface area contributed by atoms with Crippen molar-refractivity contribution < 1.29 is 14.1 Å². The van der Waals surface area contributed by atoms with Gasteiger partial charge in [-0.2, -0.15) is 4.98 Å². The first-order valence-corrected chi connectivity index (χ1v) is 11.5. The number of methoxy groups -OCH3 is 1. The summed E-state index contributed by atoms with van der Waals surface area (Å²) >= 11 is 0. The number of hydrogen-bond acceptors (Lipinski definition) is 6. The number of nitrogens with zero attached hydrogens (tertiary/aromatic N) is 3. The van der Waals surface area contributed by atoms with Gasteiger partial charge in [0, 0.05) is 12.1 Å². The molecular weight excluding hydrogens is 416 g/mol. The number of carbonyl (C=O) groups excluding carboxylic acids is 1. The van der Waals surface area contributed by atoms with Gasteiger partial charge in [-0.3, -0.25) is 9.69 Å². The number of nitrogens with one attached hydrogen (secondary N) is 1. The molecule has 4 rings (SSSR count). The first-order valence-electron chi connectivity index (χ1n) is 11.5. The molecule has 0 bridgehead atoms. The normalized spacial score (nSPS) is 17.5. The smallest absolute Gasteiger partial charge is 0.241 e. The van der Waals surface area contributed by atoms with Crippen LogP contribution in [0.3, 0.4) is 0 Å². The number of aryl methyl sites for hydroxylation is 2. The zero-order chi connectivity index (χ0) is 23.4. The van der Waals surface area contributed by atoms with Crippen molar-refractivity contribution >= 4 is 5.91 Å². The standard InChI is InChI=1S/C26H32N4O3/c1-17-7-12-23(18(2)14-17)19(3)27-26(31)21-6-5-13-30(15-21)16-24-28-25(29-33-24)20-8-10-22(32-4)11-9-20/h7-12,14,19,21H,5-6,13,15-16H2,1-4H3,(H,27,31). The van der Waals surface area contributed by atoms with Gasteiger partial charge in [-0.15, -0.1) is 0 Å². The summed E-state index contributed by atoms with van der Waals surface area (Å²) in [5.41, 5.74) is 4.48. The lowest BCUT2D eigenvalue weighted by Crippen LogP contribution is -2.43. The molecule has 1 aromatic heterocycles. The van der Waals surface area contributed by atoms with E-state index < -0.39 is 0 Å². The number of hydrogen-bond donors (Lipinski definition) is 1. The van der Waals surface area contributed by atoms with E-state index in [9.17, 15) is 4.79 Å². The van der Waals surface area contributed by atoms with Crippen LogP contribution in [0.4, 0.5) is 0 Å². The van der Waals surface area contributed by atoms with Crippen LogP contribution in [0.5, 0.6) is 5.75 Å². The molecule has 0 spiro atoms. The van der Waals surface area contributed by atoms with Gasteiger partial charge < -0.3 is 14.6 Å². The Labute approximate surface area is 195 Å². The molecular formula is C26H32N4O3. The summed E-state index contributed by atoms with van der Waals surface area (Å²) in [6.45, 7) is 8.37. The van der Waals surface area contributed by atoms with E-state index in [1.54, 1.807) is 7.11 Å². The van der Waals surface area contributed by atoms with Crippen molar-refractivity contribution in [3.63, 3.8) is 0 Å². The molecule has 7 heteroatoms. The molecule has 7 nitrogen and oxygen atoms in total. The Balaban J connectivity index is 1.34. The maximum atomic E-state index is 13.0. The number of carbonyl (C=O) groups is 1. The van der Waals surface area contributed by atoms with Gasteiger partial charge in [-0.25, -0.2) is 0 Å². The maximum absolute atomic E-state index is 13.0. The molecule has 2 unspecified atom stereocenters. The first kappa shape index (κ1) is 23.0. The van der Waals surface area contributed by atoms with Crippen molar-refractivity contribution in [2.45, 2.75) is 46.2 Å². The molecule has 0 aliphatic carbocycles. The fourth-order valence-electron chi connectivity index (χ4n) is 4.50. The minimum Gasteiger partial charge on any atom is -0.497 e. The summed E-state index contributed by atoms with van der Waals surface area (Å²) in [5, 5.41) is 7.33. The third kappa shape index (κ3) is 5.60. The second-order valence-corrected chi connectivity index (χ2v) is 8.90. The zero-order valence-corrected chi connectivity index (χ0v) is 19.8. The zero-order valence-electron chi connectivity index (χ0n) is 19.8. The SMILES string of the molecule is COc1ccc(-c2noc(CN3CCCC(C(=O)NC(C)c4ccc(C)cc4C)C3)n2)cc1. The van der Waals surface area contributed by atoms with Gasteiger partial charge in [0.1, 0.15) is 5.75 Å². The maximum Gasteiger partial charge on any atom is 0.241 e. The average molecular weight is 449 g/mol. The van der Waals surface area contributed by atoms with Crippen molar-refractivity contribution in [1.82, 2.24) is 20.4 Å². The van der Waals surface area contributed by atoms with Crippen molar-refractivity contribution in [2.75, 3.05) is 20.2 Å². The van der Waals surface area contributed by atoms with Gasteiger partial charge >= 0.3 is 0 Å². The third-order valence-electron chi connectivity index (χ3n) is 6.30. The highest BCUT2D eigenvalue weighted by molar-refractivity contribution is 5.79. The summed E-state index contributed by atoms with van der Waals surface area (Å²) in [4.78, 5) is 19.8. The third-order valence-corrected chi connectivity index (χ3v) is 6.30. The van der Waals surface area contributed by atoms with Crippen LogP contribution in [-0.4, -0.2) is 41.1 Å². The number of benzene rings is 2. The Morgan fingerprint density at radius 3 is 2.76 bits per heavy atom. The minimum atomic E-state index is -0.0454. The van der Waals surface area contributed by atoms with E-state index in [1.807, 2.05) is 24.3 Å². The lowest BCUT2D eigenvalue weighted by molar-refractivity contribution is -0.127. The number of amides is 1. The molecule has 3 aromatic rings. The Morgan fingerprint density at radius 1 is 1.24 bits per heavy atom. The number of piperidine rings is 1. The average Bonchev–Trinajstić information content (AvgIpc) is 3.27. The monoisotopic (exact) mass is 448 g/mol. The van der Waals surface area contributed by atoms with Crippen LogP contribution in [0.25, 0.3) is 11.4 Å². The number of ether oxygens (including phenoxy) is 1. The van der Waals surface area contributed by atoms with Gasteiger partial charge in [0.2, 0.25) is 17.6 Å². The molecule has 1 aliphatic heterocycles. The van der Waals surface area contributed by atoms with Crippen molar-refractivity contribution in [3.05, 3.63) is 65.0 Å². The molecule has 0 saturated carbocycles. The highest BCUT2D eigenvalue weighted by Gasteiger charge is 2.28. The van der Waals surface area contributed by atoms with Crippen LogP contribution in [0, 0.1) is 19.8 Å². The molecule has 0 radical (unpaired) electrons. The topological polar surface area (TPSA) is 80.5 Å². The minimum absolute atomic E-state index is 0.0172.